The molecule has 0 heterocycles. The Morgan fingerprint density at radius 2 is 0.883 bits per heavy atom. The van der Waals surface area contributed by atoms with E-state index in [-0.39, 0.29) is 33.7 Å². The van der Waals surface area contributed by atoms with Gasteiger partial charge in [-0.25, -0.2) is 0 Å². The van der Waals surface area contributed by atoms with E-state index >= 15 is 0 Å². The molecule has 2 amide bonds. The van der Waals surface area contributed by atoms with Crippen LogP contribution in [0.2, 0.25) is 0 Å². The van der Waals surface area contributed by atoms with E-state index < -0.39 is 0 Å². The van der Waals surface area contributed by atoms with Gasteiger partial charge in [-0.2, -0.15) is 0 Å². The maximum Gasteiger partial charge on any atom is 0.222 e. The Balaban J connectivity index is 0.00000100. The molecule has 12 N–H and O–H groups in total. The zero-order valence-electron chi connectivity index (χ0n) is 36.2. The Kier molecular flexibility index (Phi) is 27.1. The second-order valence-corrected chi connectivity index (χ2v) is 14.4. The number of aryl methyl sites for hydroxylation is 4. The minimum atomic E-state index is 0. The number of benzene rings is 4. The van der Waals surface area contributed by atoms with Crippen LogP contribution in [0.3, 0.4) is 0 Å². The monoisotopic (exact) mass is 823 g/mol. The number of hydrogen-bond acceptors (Lipinski definition) is 4. The molecule has 10 heteroatoms. The fourth-order valence-electron chi connectivity index (χ4n) is 7.24. The van der Waals surface area contributed by atoms with Crippen molar-refractivity contribution in [1.82, 2.24) is 9.80 Å². The third-order valence-corrected chi connectivity index (χ3v) is 10.5. The normalized spacial score (nSPS) is 11.3. The molecule has 0 aliphatic heterocycles. The summed E-state index contributed by atoms with van der Waals surface area (Å²) < 4.78 is 0. The minimum absolute atomic E-state index is 0. The van der Waals surface area contributed by atoms with Crippen molar-refractivity contribution in [3.05, 3.63) is 154 Å². The Hall–Kier alpha value is -5.38. The van der Waals surface area contributed by atoms with Crippen molar-refractivity contribution in [3.63, 3.8) is 0 Å². The lowest BCUT2D eigenvalue weighted by molar-refractivity contribution is -0.368. The molecule has 0 radical (unpaired) electrons. The molecule has 6 rings (SSSR count). The van der Waals surface area contributed by atoms with Gasteiger partial charge in [-0.15, -0.1) is 11.8 Å². The molecule has 4 aromatic rings. The van der Waals surface area contributed by atoms with Crippen LogP contribution < -0.4 is 11.5 Å². The van der Waals surface area contributed by atoms with Crippen LogP contribution in [-0.4, -0.2) is 83.8 Å². The van der Waals surface area contributed by atoms with Crippen molar-refractivity contribution in [2.24, 2.45) is 5.73 Å². The number of nitrogens with two attached hydrogens (primary N) is 1. The lowest BCUT2D eigenvalue weighted by atomic mass is 9.93. The van der Waals surface area contributed by atoms with Crippen molar-refractivity contribution in [3.8, 4) is 11.8 Å². The van der Waals surface area contributed by atoms with Gasteiger partial charge >= 0.3 is 0 Å². The fourth-order valence-corrected chi connectivity index (χ4v) is 7.24. The number of fused-ring (bicyclic) bond motifs is 4. The van der Waals surface area contributed by atoms with Crippen molar-refractivity contribution in [1.29, 1.82) is 0 Å². The summed E-state index contributed by atoms with van der Waals surface area (Å²) in [6.07, 6.45) is 13.4. The molecule has 0 saturated carbocycles. The number of nitrogens with zero attached hydrogens (tertiary/aromatic N) is 2. The molecule has 60 heavy (non-hydrogen) atoms. The lowest BCUT2D eigenvalue weighted by Gasteiger charge is -2.17. The molecule has 0 saturated heterocycles. The fraction of sp³-hybridized carbons (Fsp3) is 0.360. The minimum Gasteiger partial charge on any atom is -0.870 e. The van der Waals surface area contributed by atoms with Crippen LogP contribution >= 0.6 is 0 Å². The van der Waals surface area contributed by atoms with Crippen LogP contribution in [0.1, 0.15) is 96.9 Å². The van der Waals surface area contributed by atoms with Crippen LogP contribution in [0.5, 0.6) is 0 Å². The van der Waals surface area contributed by atoms with E-state index in [0.717, 1.165) is 71.0 Å². The highest BCUT2D eigenvalue weighted by Crippen LogP contribution is 2.35. The second-order valence-electron chi connectivity index (χ2n) is 14.4. The predicted octanol–water partition coefficient (Wildman–Crippen LogP) is 5.27. The van der Waals surface area contributed by atoms with E-state index in [4.69, 9.17) is 5.73 Å². The largest absolute Gasteiger partial charge is 0.870 e. The smallest absolute Gasteiger partial charge is 0.222 e. The van der Waals surface area contributed by atoms with Gasteiger partial charge in [0.05, 0.1) is 6.54 Å². The highest BCUT2D eigenvalue weighted by molar-refractivity contribution is 5.85. The Morgan fingerprint density at radius 1 is 0.583 bits per heavy atom. The molecule has 0 aromatic heterocycles. The van der Waals surface area contributed by atoms with Crippen LogP contribution in [0.15, 0.2) is 109 Å². The number of carbonyl (C=O) groups excluding carboxylic acids is 2. The van der Waals surface area contributed by atoms with Gasteiger partial charge in [0, 0.05) is 46.4 Å². The average molecular weight is 823 g/mol. The quantitative estimate of drug-likeness (QED) is 0.183. The van der Waals surface area contributed by atoms with Crippen molar-refractivity contribution >= 4 is 23.0 Å². The van der Waals surface area contributed by atoms with E-state index in [9.17, 15) is 9.59 Å². The molecule has 4 aromatic carbocycles. The summed E-state index contributed by atoms with van der Waals surface area (Å²) >= 11 is 0. The molecular formula is C50H70N4O6. The van der Waals surface area contributed by atoms with Crippen LogP contribution in [0.4, 0.5) is 0 Å². The van der Waals surface area contributed by atoms with Gasteiger partial charge in [0.25, 0.3) is 0 Å². The van der Waals surface area contributed by atoms with Gasteiger partial charge in [0.2, 0.25) is 11.8 Å². The Labute approximate surface area is 358 Å². The summed E-state index contributed by atoms with van der Waals surface area (Å²) in [5.41, 5.74) is 22.9. The first kappa shape index (κ1) is 54.6. The van der Waals surface area contributed by atoms with Gasteiger partial charge in [-0.3, -0.25) is 9.59 Å². The van der Waals surface area contributed by atoms with E-state index in [1.807, 2.05) is 37.7 Å². The number of quaternary nitrogens is 1. The van der Waals surface area contributed by atoms with Gasteiger partial charge in [-0.1, -0.05) is 109 Å². The van der Waals surface area contributed by atoms with Gasteiger partial charge < -0.3 is 43.2 Å². The molecule has 0 unspecified atom stereocenters. The maximum absolute atomic E-state index is 12.1. The number of rotatable bonds is 12. The highest BCUT2D eigenvalue weighted by atomic mass is 16.2. The van der Waals surface area contributed by atoms with Crippen LogP contribution in [0, 0.1) is 11.8 Å². The SMILES string of the molecule is CC#CC.CN(CCC=C1c2ccccc2CCc2ccccc21)C(=O)CCCN.CN(CCC=C1c2ccccc2CCc2ccccc21)C(=O)CCC[NH3+].O.O.O.[OH-]. The molecule has 0 spiro atoms. The number of carbonyl (C=O) groups is 2. The van der Waals surface area contributed by atoms with E-state index in [0.29, 0.717) is 19.4 Å². The van der Waals surface area contributed by atoms with E-state index in [1.54, 1.807) is 0 Å². The molecule has 2 aliphatic carbocycles. The lowest BCUT2D eigenvalue weighted by Crippen LogP contribution is -2.50. The topological polar surface area (TPSA) is 219 Å². The standard InChI is InChI=1S/2C23H28N2O.C4H6.4H2O/c2*1-25(23(26)13-6-16-24)17-7-12-22-20-10-4-2-8-18(20)14-15-19-9-3-5-11-21(19)22;1-3-4-2;;;;/h2*2-5,8-12H,6-7,13-17,24H2,1H3;1-2H3;4*1H2. The van der Waals surface area contributed by atoms with E-state index in [1.165, 1.54) is 55.7 Å². The van der Waals surface area contributed by atoms with Gasteiger partial charge in [-0.05, 0) is 121 Å². The summed E-state index contributed by atoms with van der Waals surface area (Å²) in [6.45, 7) is 6.51. The van der Waals surface area contributed by atoms with Crippen molar-refractivity contribution < 1.29 is 37.2 Å². The summed E-state index contributed by atoms with van der Waals surface area (Å²) in [5, 5.41) is 0. The Bertz CT molecular complexity index is 1770. The molecule has 0 atom stereocenters. The number of hydrogen-bond donors (Lipinski definition) is 2. The predicted molar refractivity (Wildman–Crippen MR) is 246 cm³/mol. The third kappa shape index (κ3) is 16.0. The molecule has 10 nitrogen and oxygen atoms in total. The molecule has 0 bridgehead atoms. The molecule has 326 valence electrons. The molecular weight excluding hydrogens is 753 g/mol. The average Bonchev–Trinajstić information content (AvgIpc) is 3.50. The summed E-state index contributed by atoms with van der Waals surface area (Å²) in [7, 11) is 3.78. The summed E-state index contributed by atoms with van der Waals surface area (Å²) in [4.78, 5) is 27.9. The first-order chi connectivity index (χ1) is 27.3. The Morgan fingerprint density at radius 3 is 1.17 bits per heavy atom. The zero-order valence-corrected chi connectivity index (χ0v) is 36.2. The molecule has 2 aliphatic rings. The number of amides is 2. The second kappa shape index (κ2) is 29.8. The van der Waals surface area contributed by atoms with E-state index in [2.05, 4.69) is 127 Å². The third-order valence-electron chi connectivity index (χ3n) is 10.5. The van der Waals surface area contributed by atoms with Gasteiger partial charge in [0.1, 0.15) is 0 Å². The molecule has 0 fully saturated rings. The maximum atomic E-state index is 12.1. The first-order valence-electron chi connectivity index (χ1n) is 20.4. The summed E-state index contributed by atoms with van der Waals surface area (Å²) in [5.74, 6) is 5.75. The zero-order chi connectivity index (χ0) is 40.1. The van der Waals surface area contributed by atoms with Crippen LogP contribution in [0.25, 0.3) is 11.1 Å². The van der Waals surface area contributed by atoms with Crippen molar-refractivity contribution in [2.45, 2.75) is 78.1 Å². The summed E-state index contributed by atoms with van der Waals surface area (Å²) in [6, 6.07) is 34.8. The van der Waals surface area contributed by atoms with Gasteiger partial charge in [0.15, 0.2) is 0 Å². The van der Waals surface area contributed by atoms with Crippen LogP contribution in [-0.2, 0) is 35.3 Å². The first-order valence-corrected chi connectivity index (χ1v) is 20.4. The van der Waals surface area contributed by atoms with Crippen molar-refractivity contribution in [2.75, 3.05) is 40.3 Å². The highest BCUT2D eigenvalue weighted by Gasteiger charge is 2.19.